The van der Waals surface area contributed by atoms with E-state index in [0.717, 1.165) is 17.5 Å². The van der Waals surface area contributed by atoms with Crippen molar-refractivity contribution in [3.05, 3.63) is 57.6 Å². The zero-order valence-corrected chi connectivity index (χ0v) is 12.8. The molecule has 0 aromatic heterocycles. The molecule has 0 spiro atoms. The third-order valence-corrected chi connectivity index (χ3v) is 4.11. The lowest BCUT2D eigenvalue weighted by Crippen LogP contribution is -2.13. The van der Waals surface area contributed by atoms with Gasteiger partial charge in [-0.1, -0.05) is 41.4 Å². The van der Waals surface area contributed by atoms with Gasteiger partial charge in [0.25, 0.3) is 0 Å². The predicted octanol–water partition coefficient (Wildman–Crippen LogP) is 4.20. The molecule has 2 aromatic carbocycles. The minimum atomic E-state index is -0.414. The largest absolute Gasteiger partial charge is 0.490 e. The zero-order chi connectivity index (χ0) is 14.8. The molecule has 1 aliphatic rings. The van der Waals surface area contributed by atoms with Gasteiger partial charge in [-0.3, -0.25) is 0 Å². The van der Waals surface area contributed by atoms with Crippen LogP contribution in [0.4, 0.5) is 0 Å². The maximum Gasteiger partial charge on any atom is 0.162 e. The molecular formula is C16H15Cl2NO2. The number of hydrogen-bond acceptors (Lipinski definition) is 3. The molecule has 1 aliphatic heterocycles. The molecule has 0 bridgehead atoms. The van der Waals surface area contributed by atoms with Crippen molar-refractivity contribution < 1.29 is 9.47 Å². The van der Waals surface area contributed by atoms with Gasteiger partial charge in [-0.15, -0.1) is 0 Å². The molecule has 2 aromatic rings. The Morgan fingerprint density at radius 1 is 0.905 bits per heavy atom. The Hall–Kier alpha value is -1.42. The summed E-state index contributed by atoms with van der Waals surface area (Å²) in [5.41, 5.74) is 7.93. The van der Waals surface area contributed by atoms with Gasteiger partial charge >= 0.3 is 0 Å². The van der Waals surface area contributed by atoms with E-state index in [9.17, 15) is 0 Å². The summed E-state index contributed by atoms with van der Waals surface area (Å²) in [5.74, 6) is 1.34. The highest BCUT2D eigenvalue weighted by molar-refractivity contribution is 6.32. The van der Waals surface area contributed by atoms with Crippen LogP contribution in [0.15, 0.2) is 36.4 Å². The summed E-state index contributed by atoms with van der Waals surface area (Å²) in [7, 11) is 0. The van der Waals surface area contributed by atoms with E-state index in [1.54, 1.807) is 6.07 Å². The molecular weight excluding hydrogens is 309 g/mol. The minimum absolute atomic E-state index is 0.414. The van der Waals surface area contributed by atoms with Crippen LogP contribution in [0.5, 0.6) is 11.5 Å². The van der Waals surface area contributed by atoms with Gasteiger partial charge in [0.15, 0.2) is 11.5 Å². The van der Waals surface area contributed by atoms with Crippen LogP contribution in [0.1, 0.15) is 23.6 Å². The number of benzene rings is 2. The first kappa shape index (κ1) is 14.5. The number of halogens is 2. The van der Waals surface area contributed by atoms with Crippen LogP contribution in [0.25, 0.3) is 0 Å². The Morgan fingerprint density at radius 2 is 1.57 bits per heavy atom. The van der Waals surface area contributed by atoms with Crippen LogP contribution in [0.3, 0.4) is 0 Å². The van der Waals surface area contributed by atoms with Crippen molar-refractivity contribution in [3.8, 4) is 11.5 Å². The van der Waals surface area contributed by atoms with E-state index in [2.05, 4.69) is 0 Å². The van der Waals surface area contributed by atoms with Gasteiger partial charge in [0.1, 0.15) is 0 Å². The first-order valence-electron chi connectivity index (χ1n) is 6.76. The van der Waals surface area contributed by atoms with Crippen molar-refractivity contribution in [1.82, 2.24) is 0 Å². The van der Waals surface area contributed by atoms with Crippen LogP contribution in [-0.4, -0.2) is 13.2 Å². The molecule has 2 N–H and O–H groups in total. The Morgan fingerprint density at radius 3 is 2.29 bits per heavy atom. The summed E-state index contributed by atoms with van der Waals surface area (Å²) in [4.78, 5) is 0. The Kier molecular flexibility index (Phi) is 4.24. The lowest BCUT2D eigenvalue weighted by Gasteiger charge is -2.18. The Labute approximate surface area is 133 Å². The molecule has 1 atom stereocenters. The normalized spacial score (nSPS) is 15.4. The first-order valence-corrected chi connectivity index (χ1v) is 7.51. The summed E-state index contributed by atoms with van der Waals surface area (Å²) < 4.78 is 11.3. The third kappa shape index (κ3) is 2.95. The highest BCUT2D eigenvalue weighted by Gasteiger charge is 2.20. The summed E-state index contributed by atoms with van der Waals surface area (Å²) in [6.07, 6.45) is 0.845. The molecule has 0 fully saturated rings. The summed E-state index contributed by atoms with van der Waals surface area (Å²) in [6.45, 7) is 1.24. The van der Waals surface area contributed by atoms with E-state index >= 15 is 0 Å². The quantitative estimate of drug-likeness (QED) is 0.900. The second kappa shape index (κ2) is 6.14. The van der Waals surface area contributed by atoms with Crippen molar-refractivity contribution >= 4 is 23.2 Å². The van der Waals surface area contributed by atoms with Gasteiger partial charge in [0, 0.05) is 22.5 Å². The minimum Gasteiger partial charge on any atom is -0.490 e. The number of hydrogen-bond donors (Lipinski definition) is 1. The van der Waals surface area contributed by atoms with E-state index in [4.69, 9.17) is 38.4 Å². The Bertz CT molecular complexity index is 661. The fraction of sp³-hybridized carbons (Fsp3) is 0.250. The summed E-state index contributed by atoms with van der Waals surface area (Å²) in [6, 6.07) is 10.7. The number of ether oxygens (including phenoxy) is 2. The monoisotopic (exact) mass is 323 g/mol. The van der Waals surface area contributed by atoms with Gasteiger partial charge in [-0.05, 0) is 23.3 Å². The molecule has 0 saturated carbocycles. The molecule has 3 nitrogen and oxygen atoms in total. The molecule has 3 rings (SSSR count). The highest BCUT2D eigenvalue weighted by atomic mass is 35.5. The lowest BCUT2D eigenvalue weighted by molar-refractivity contribution is 0.297. The Balaban J connectivity index is 2.02. The molecule has 0 saturated heterocycles. The smallest absolute Gasteiger partial charge is 0.162 e. The summed E-state index contributed by atoms with van der Waals surface area (Å²) >= 11 is 12.6. The van der Waals surface area contributed by atoms with Crippen LogP contribution >= 0.6 is 23.2 Å². The molecule has 5 heteroatoms. The van der Waals surface area contributed by atoms with Crippen molar-refractivity contribution in [2.75, 3.05) is 13.2 Å². The maximum atomic E-state index is 6.35. The summed E-state index contributed by atoms with van der Waals surface area (Å²) in [5, 5.41) is 1.17. The van der Waals surface area contributed by atoms with Gasteiger partial charge < -0.3 is 15.2 Å². The van der Waals surface area contributed by atoms with Gasteiger partial charge in [-0.25, -0.2) is 0 Å². The third-order valence-electron chi connectivity index (χ3n) is 3.44. The van der Waals surface area contributed by atoms with E-state index < -0.39 is 6.04 Å². The number of rotatable bonds is 2. The van der Waals surface area contributed by atoms with Crippen LogP contribution in [0.2, 0.25) is 10.0 Å². The molecule has 0 radical (unpaired) electrons. The SMILES string of the molecule is NC(c1ccccc1Cl)c1cc2c(cc1Cl)OCCCO2. The average molecular weight is 324 g/mol. The molecule has 110 valence electrons. The van der Waals surface area contributed by atoms with Crippen LogP contribution < -0.4 is 15.2 Å². The number of nitrogens with two attached hydrogens (primary N) is 1. The van der Waals surface area contributed by atoms with Crippen molar-refractivity contribution in [1.29, 1.82) is 0 Å². The van der Waals surface area contributed by atoms with Crippen molar-refractivity contribution in [2.45, 2.75) is 12.5 Å². The van der Waals surface area contributed by atoms with Gasteiger partial charge in [-0.2, -0.15) is 0 Å². The molecule has 0 amide bonds. The topological polar surface area (TPSA) is 44.5 Å². The molecule has 1 heterocycles. The maximum absolute atomic E-state index is 6.35. The lowest BCUT2D eigenvalue weighted by atomic mass is 9.99. The molecule has 1 unspecified atom stereocenters. The van der Waals surface area contributed by atoms with E-state index in [1.807, 2.05) is 30.3 Å². The highest BCUT2D eigenvalue weighted by Crippen LogP contribution is 2.39. The van der Waals surface area contributed by atoms with E-state index in [0.29, 0.717) is 34.8 Å². The van der Waals surface area contributed by atoms with Crippen molar-refractivity contribution in [2.24, 2.45) is 5.73 Å². The van der Waals surface area contributed by atoms with E-state index in [-0.39, 0.29) is 0 Å². The van der Waals surface area contributed by atoms with Gasteiger partial charge in [0.2, 0.25) is 0 Å². The predicted molar refractivity (Wildman–Crippen MR) is 84.5 cm³/mol. The fourth-order valence-electron chi connectivity index (χ4n) is 2.33. The second-order valence-electron chi connectivity index (χ2n) is 4.87. The van der Waals surface area contributed by atoms with E-state index in [1.165, 1.54) is 0 Å². The van der Waals surface area contributed by atoms with Crippen molar-refractivity contribution in [3.63, 3.8) is 0 Å². The molecule has 0 aliphatic carbocycles. The average Bonchev–Trinajstić information content (AvgIpc) is 2.71. The van der Waals surface area contributed by atoms with Crippen LogP contribution in [-0.2, 0) is 0 Å². The molecule has 21 heavy (non-hydrogen) atoms. The zero-order valence-electron chi connectivity index (χ0n) is 11.3. The fourth-order valence-corrected chi connectivity index (χ4v) is 2.86. The van der Waals surface area contributed by atoms with Gasteiger partial charge in [0.05, 0.1) is 19.3 Å². The number of fused-ring (bicyclic) bond motifs is 1. The standard InChI is InChI=1S/C16H15Cl2NO2/c17-12-5-2-1-4-10(12)16(19)11-8-14-15(9-13(11)18)21-7-3-6-20-14/h1-2,4-5,8-9,16H,3,6-7,19H2. The first-order chi connectivity index (χ1) is 10.2. The van der Waals surface area contributed by atoms with Crippen LogP contribution in [0, 0.1) is 0 Å². The second-order valence-corrected chi connectivity index (χ2v) is 5.68.